The highest BCUT2D eigenvalue weighted by Gasteiger charge is 2.29. The van der Waals surface area contributed by atoms with Crippen LogP contribution in [0.15, 0.2) is 0 Å². The van der Waals surface area contributed by atoms with Crippen LogP contribution in [-0.2, 0) is 18.2 Å². The van der Waals surface area contributed by atoms with Gasteiger partial charge >= 0.3 is 5.69 Å². The zero-order valence-electron chi connectivity index (χ0n) is 11.6. The van der Waals surface area contributed by atoms with E-state index < -0.39 is 0 Å². The van der Waals surface area contributed by atoms with Crippen LogP contribution in [-0.4, -0.2) is 41.5 Å². The first kappa shape index (κ1) is 13.8. The minimum Gasteiger partial charge on any atom is -0.381 e. The predicted octanol–water partition coefficient (Wildman–Crippen LogP) is 1.36. The number of hydrogen-bond donors (Lipinski definition) is 0. The van der Waals surface area contributed by atoms with Crippen LogP contribution in [0, 0.1) is 16.0 Å². The fourth-order valence-corrected chi connectivity index (χ4v) is 2.61. The van der Waals surface area contributed by atoms with Gasteiger partial charge in [0.05, 0.1) is 11.5 Å². The van der Waals surface area contributed by atoms with Crippen LogP contribution in [0.3, 0.4) is 0 Å². The topological polar surface area (TPSA) is 73.4 Å². The van der Waals surface area contributed by atoms with Crippen LogP contribution in [0.1, 0.15) is 19.0 Å². The molecule has 1 atom stereocenters. The van der Waals surface area contributed by atoms with Gasteiger partial charge in [-0.25, -0.2) is 4.68 Å². The Balaban J connectivity index is 2.26. The molecule has 0 radical (unpaired) electrons. The van der Waals surface area contributed by atoms with Crippen LogP contribution < -0.4 is 4.90 Å². The number of ether oxygens (including phenoxy) is 1. The fraction of sp³-hybridized carbons (Fsp3) is 0.750. The largest absolute Gasteiger partial charge is 0.381 e. The summed E-state index contributed by atoms with van der Waals surface area (Å²) in [5.41, 5.74) is 0.670. The van der Waals surface area contributed by atoms with Crippen LogP contribution in [0.2, 0.25) is 0 Å². The summed E-state index contributed by atoms with van der Waals surface area (Å²) in [4.78, 5) is 12.8. The van der Waals surface area contributed by atoms with Crippen molar-refractivity contribution in [1.82, 2.24) is 9.78 Å². The second-order valence-corrected chi connectivity index (χ2v) is 4.96. The summed E-state index contributed by atoms with van der Waals surface area (Å²) in [7, 11) is 3.63. The van der Waals surface area contributed by atoms with E-state index in [4.69, 9.17) is 4.74 Å². The van der Waals surface area contributed by atoms with E-state index >= 15 is 0 Å². The molecule has 1 saturated heterocycles. The van der Waals surface area contributed by atoms with Crippen molar-refractivity contribution in [3.8, 4) is 0 Å². The Hall–Kier alpha value is -1.63. The van der Waals surface area contributed by atoms with Gasteiger partial charge in [0, 0.05) is 33.2 Å². The quantitative estimate of drug-likeness (QED) is 0.595. The van der Waals surface area contributed by atoms with E-state index in [-0.39, 0.29) is 10.6 Å². The molecule has 1 aliphatic heterocycles. The Morgan fingerprint density at radius 3 is 2.89 bits per heavy atom. The van der Waals surface area contributed by atoms with E-state index in [9.17, 15) is 10.1 Å². The van der Waals surface area contributed by atoms with E-state index in [1.54, 1.807) is 11.7 Å². The minimum atomic E-state index is -0.331. The highest BCUT2D eigenvalue weighted by molar-refractivity contribution is 5.61. The van der Waals surface area contributed by atoms with E-state index in [0.29, 0.717) is 23.9 Å². The van der Waals surface area contributed by atoms with Crippen molar-refractivity contribution in [3.63, 3.8) is 0 Å². The van der Waals surface area contributed by atoms with Crippen LogP contribution in [0.4, 0.5) is 11.5 Å². The Bertz CT molecular complexity index is 466. The Kier molecular flexibility index (Phi) is 4.04. The molecule has 2 heterocycles. The van der Waals surface area contributed by atoms with Gasteiger partial charge in [-0.3, -0.25) is 10.1 Å². The van der Waals surface area contributed by atoms with Crippen molar-refractivity contribution in [2.75, 3.05) is 31.7 Å². The summed E-state index contributed by atoms with van der Waals surface area (Å²) in [6, 6.07) is 0. The Labute approximate surface area is 112 Å². The molecule has 0 spiro atoms. The van der Waals surface area contributed by atoms with Gasteiger partial charge < -0.3 is 9.64 Å². The standard InChI is InChI=1S/C12H20N4O3/c1-4-10-11(16(17)18)12(15(3)13-10)14(2)7-9-5-6-19-8-9/h9H,4-8H2,1-3H3. The maximum atomic E-state index is 11.3. The summed E-state index contributed by atoms with van der Waals surface area (Å²) < 4.78 is 6.95. The second kappa shape index (κ2) is 5.56. The molecule has 7 heteroatoms. The third-order valence-corrected chi connectivity index (χ3v) is 3.50. The zero-order valence-corrected chi connectivity index (χ0v) is 11.6. The average molecular weight is 268 g/mol. The molecule has 106 valence electrons. The van der Waals surface area contributed by atoms with E-state index in [0.717, 1.165) is 26.2 Å². The van der Waals surface area contributed by atoms with Crippen molar-refractivity contribution in [2.24, 2.45) is 13.0 Å². The molecule has 19 heavy (non-hydrogen) atoms. The van der Waals surface area contributed by atoms with Crippen molar-refractivity contribution < 1.29 is 9.66 Å². The lowest BCUT2D eigenvalue weighted by molar-refractivity contribution is -0.384. The molecular formula is C12H20N4O3. The van der Waals surface area contributed by atoms with Gasteiger partial charge in [0.15, 0.2) is 0 Å². The number of anilines is 1. The highest BCUT2D eigenvalue weighted by Crippen LogP contribution is 2.31. The number of nitrogens with zero attached hydrogens (tertiary/aromatic N) is 4. The number of rotatable bonds is 5. The van der Waals surface area contributed by atoms with E-state index in [2.05, 4.69) is 5.10 Å². The summed E-state index contributed by atoms with van der Waals surface area (Å²) in [5, 5.41) is 15.5. The lowest BCUT2D eigenvalue weighted by atomic mass is 10.1. The third-order valence-electron chi connectivity index (χ3n) is 3.50. The third kappa shape index (κ3) is 2.70. The average Bonchev–Trinajstić information content (AvgIpc) is 2.95. The maximum absolute atomic E-state index is 11.3. The first-order chi connectivity index (χ1) is 9.04. The monoisotopic (exact) mass is 268 g/mol. The molecule has 1 fully saturated rings. The Morgan fingerprint density at radius 1 is 1.63 bits per heavy atom. The number of aryl methyl sites for hydroxylation is 2. The highest BCUT2D eigenvalue weighted by atomic mass is 16.6. The van der Waals surface area contributed by atoms with E-state index in [1.165, 1.54) is 0 Å². The fourth-order valence-electron chi connectivity index (χ4n) is 2.61. The van der Waals surface area contributed by atoms with Crippen molar-refractivity contribution in [2.45, 2.75) is 19.8 Å². The normalized spacial score (nSPS) is 18.8. The molecular weight excluding hydrogens is 248 g/mol. The molecule has 0 bridgehead atoms. The molecule has 0 aliphatic carbocycles. The van der Waals surface area contributed by atoms with Crippen LogP contribution in [0.5, 0.6) is 0 Å². The minimum absolute atomic E-state index is 0.131. The Morgan fingerprint density at radius 2 is 2.37 bits per heavy atom. The van der Waals surface area contributed by atoms with Gasteiger partial charge in [-0.15, -0.1) is 0 Å². The molecule has 7 nitrogen and oxygen atoms in total. The second-order valence-electron chi connectivity index (χ2n) is 4.96. The lowest BCUT2D eigenvalue weighted by Gasteiger charge is -2.21. The van der Waals surface area contributed by atoms with Crippen molar-refractivity contribution in [3.05, 3.63) is 15.8 Å². The first-order valence-electron chi connectivity index (χ1n) is 6.53. The van der Waals surface area contributed by atoms with Crippen LogP contribution in [0.25, 0.3) is 0 Å². The molecule has 1 unspecified atom stereocenters. The smallest absolute Gasteiger partial charge is 0.334 e. The molecule has 1 aromatic rings. The maximum Gasteiger partial charge on any atom is 0.334 e. The van der Waals surface area contributed by atoms with Crippen molar-refractivity contribution in [1.29, 1.82) is 0 Å². The van der Waals surface area contributed by atoms with Crippen LogP contribution >= 0.6 is 0 Å². The zero-order chi connectivity index (χ0) is 14.0. The van der Waals surface area contributed by atoms with Gasteiger partial charge in [-0.1, -0.05) is 6.92 Å². The molecule has 0 N–H and O–H groups in total. The van der Waals surface area contributed by atoms with Gasteiger partial charge in [-0.05, 0) is 12.8 Å². The van der Waals surface area contributed by atoms with Gasteiger partial charge in [-0.2, -0.15) is 5.10 Å². The SMILES string of the molecule is CCc1nn(C)c(N(C)CC2CCOC2)c1[N+](=O)[O-]. The molecule has 0 amide bonds. The summed E-state index contributed by atoms with van der Waals surface area (Å²) in [5.74, 6) is 1.01. The number of nitro groups is 1. The lowest BCUT2D eigenvalue weighted by Crippen LogP contribution is -2.28. The molecule has 2 rings (SSSR count). The first-order valence-corrected chi connectivity index (χ1v) is 6.53. The molecule has 1 aromatic heterocycles. The van der Waals surface area contributed by atoms with Gasteiger partial charge in [0.2, 0.25) is 5.82 Å². The summed E-state index contributed by atoms with van der Waals surface area (Å²) >= 11 is 0. The molecule has 0 saturated carbocycles. The van der Waals surface area contributed by atoms with Gasteiger partial charge in [0.25, 0.3) is 0 Å². The van der Waals surface area contributed by atoms with Gasteiger partial charge in [0.1, 0.15) is 5.69 Å². The summed E-state index contributed by atoms with van der Waals surface area (Å²) in [6.45, 7) is 4.15. The molecule has 0 aromatic carbocycles. The predicted molar refractivity (Wildman–Crippen MR) is 71.4 cm³/mol. The van der Waals surface area contributed by atoms with Crippen molar-refractivity contribution >= 4 is 11.5 Å². The summed E-state index contributed by atoms with van der Waals surface area (Å²) in [6.07, 6.45) is 1.57. The molecule has 1 aliphatic rings. The number of aromatic nitrogens is 2. The number of hydrogen-bond acceptors (Lipinski definition) is 5. The van der Waals surface area contributed by atoms with E-state index in [1.807, 2.05) is 18.9 Å².